The number of hydrogen-bond donors (Lipinski definition) is 0. The first-order valence-corrected chi connectivity index (χ1v) is 2.63. The summed E-state index contributed by atoms with van der Waals surface area (Å²) in [5.74, 6) is 0.409. The van der Waals surface area contributed by atoms with Gasteiger partial charge in [0.15, 0.2) is 0 Å². The number of ether oxygens (including phenoxy) is 1. The summed E-state index contributed by atoms with van der Waals surface area (Å²) in [5.41, 5.74) is 0.312. The van der Waals surface area contributed by atoms with Crippen LogP contribution in [0.5, 0.6) is 5.88 Å². The maximum atomic E-state index is 8.36. The standard InChI is InChI=1S/C6H5N3O/c1-10-6-2-5(3-7)8-4-9-6/h2,4H,1H3. The van der Waals surface area contributed by atoms with Crippen LogP contribution in [0.2, 0.25) is 0 Å². The second-order valence-electron chi connectivity index (χ2n) is 1.56. The van der Waals surface area contributed by atoms with Gasteiger partial charge in [-0.15, -0.1) is 0 Å². The average molecular weight is 135 g/mol. The summed E-state index contributed by atoms with van der Waals surface area (Å²) in [6, 6.07) is 3.34. The molecule has 0 aromatic carbocycles. The van der Waals surface area contributed by atoms with Gasteiger partial charge < -0.3 is 4.74 Å². The normalized spacial score (nSPS) is 8.40. The number of aromatic nitrogens is 2. The molecule has 0 aliphatic heterocycles. The van der Waals surface area contributed by atoms with E-state index in [0.717, 1.165) is 0 Å². The van der Waals surface area contributed by atoms with Crippen molar-refractivity contribution >= 4 is 0 Å². The van der Waals surface area contributed by atoms with Crippen LogP contribution < -0.4 is 4.74 Å². The van der Waals surface area contributed by atoms with Gasteiger partial charge in [-0.2, -0.15) is 5.26 Å². The van der Waals surface area contributed by atoms with Gasteiger partial charge in [-0.1, -0.05) is 0 Å². The third kappa shape index (κ3) is 1.20. The van der Waals surface area contributed by atoms with Crippen LogP contribution in [-0.4, -0.2) is 17.1 Å². The summed E-state index contributed by atoms with van der Waals surface area (Å²) in [6.07, 6.45) is 1.29. The molecule has 0 unspecified atom stereocenters. The molecule has 0 spiro atoms. The van der Waals surface area contributed by atoms with E-state index in [2.05, 4.69) is 9.97 Å². The molecule has 1 rings (SSSR count). The predicted octanol–water partition coefficient (Wildman–Crippen LogP) is 0.357. The van der Waals surface area contributed by atoms with Gasteiger partial charge in [0.2, 0.25) is 5.88 Å². The molecule has 0 bridgehead atoms. The summed E-state index contributed by atoms with van der Waals surface area (Å²) >= 11 is 0. The van der Waals surface area contributed by atoms with Gasteiger partial charge in [-0.05, 0) is 0 Å². The Balaban J connectivity index is 3.01. The molecule has 50 valence electrons. The van der Waals surface area contributed by atoms with Crippen LogP contribution in [0.25, 0.3) is 0 Å². The van der Waals surface area contributed by atoms with Crippen molar-refractivity contribution < 1.29 is 4.74 Å². The zero-order chi connectivity index (χ0) is 7.40. The molecule has 10 heavy (non-hydrogen) atoms. The van der Waals surface area contributed by atoms with Gasteiger partial charge in [-0.3, -0.25) is 0 Å². The first-order chi connectivity index (χ1) is 4.86. The molecular weight excluding hydrogens is 130 g/mol. The highest BCUT2D eigenvalue weighted by Crippen LogP contribution is 2.03. The first kappa shape index (κ1) is 6.49. The Morgan fingerprint density at radius 1 is 1.60 bits per heavy atom. The quantitative estimate of drug-likeness (QED) is 0.557. The van der Waals surface area contributed by atoms with Crippen molar-refractivity contribution in [1.82, 2.24) is 9.97 Å². The van der Waals surface area contributed by atoms with Gasteiger partial charge in [0.1, 0.15) is 18.1 Å². The van der Waals surface area contributed by atoms with E-state index in [0.29, 0.717) is 11.6 Å². The van der Waals surface area contributed by atoms with E-state index in [4.69, 9.17) is 10.00 Å². The minimum Gasteiger partial charge on any atom is -0.481 e. The van der Waals surface area contributed by atoms with Gasteiger partial charge in [-0.25, -0.2) is 9.97 Å². The smallest absolute Gasteiger partial charge is 0.217 e. The van der Waals surface area contributed by atoms with Crippen molar-refractivity contribution in [3.8, 4) is 11.9 Å². The van der Waals surface area contributed by atoms with Crippen LogP contribution in [0.1, 0.15) is 5.69 Å². The summed E-state index contributed by atoms with van der Waals surface area (Å²) in [4.78, 5) is 7.38. The lowest BCUT2D eigenvalue weighted by Crippen LogP contribution is -1.89. The van der Waals surface area contributed by atoms with Gasteiger partial charge in [0, 0.05) is 6.07 Å². The van der Waals surface area contributed by atoms with Crippen molar-refractivity contribution in [1.29, 1.82) is 5.26 Å². The Kier molecular flexibility index (Phi) is 1.80. The van der Waals surface area contributed by atoms with E-state index in [-0.39, 0.29) is 0 Å². The lowest BCUT2D eigenvalue weighted by atomic mass is 10.4. The van der Waals surface area contributed by atoms with E-state index in [1.807, 2.05) is 6.07 Å². The predicted molar refractivity (Wildman–Crippen MR) is 33.3 cm³/mol. The molecule has 1 aromatic heterocycles. The fourth-order valence-corrected chi connectivity index (χ4v) is 0.512. The van der Waals surface area contributed by atoms with Crippen molar-refractivity contribution in [2.45, 2.75) is 0 Å². The fourth-order valence-electron chi connectivity index (χ4n) is 0.512. The third-order valence-electron chi connectivity index (χ3n) is 0.966. The Labute approximate surface area is 58.1 Å². The number of methoxy groups -OCH3 is 1. The van der Waals surface area contributed by atoms with Crippen LogP contribution >= 0.6 is 0 Å². The SMILES string of the molecule is COc1cc(C#N)ncn1. The number of rotatable bonds is 1. The molecule has 1 aromatic rings. The van der Waals surface area contributed by atoms with Crippen molar-refractivity contribution in [3.05, 3.63) is 18.1 Å². The van der Waals surface area contributed by atoms with Gasteiger partial charge in [0.25, 0.3) is 0 Å². The van der Waals surface area contributed by atoms with Crippen molar-refractivity contribution in [2.24, 2.45) is 0 Å². The third-order valence-corrected chi connectivity index (χ3v) is 0.966. The first-order valence-electron chi connectivity index (χ1n) is 2.63. The largest absolute Gasteiger partial charge is 0.481 e. The molecule has 0 N–H and O–H groups in total. The second-order valence-corrected chi connectivity index (χ2v) is 1.56. The highest BCUT2D eigenvalue weighted by Gasteiger charge is 1.94. The van der Waals surface area contributed by atoms with Crippen LogP contribution in [-0.2, 0) is 0 Å². The van der Waals surface area contributed by atoms with E-state index >= 15 is 0 Å². The zero-order valence-electron chi connectivity index (χ0n) is 5.40. The summed E-state index contributed by atoms with van der Waals surface area (Å²) in [6.45, 7) is 0. The van der Waals surface area contributed by atoms with Crippen LogP contribution in [0.3, 0.4) is 0 Å². The molecule has 0 aliphatic carbocycles. The van der Waals surface area contributed by atoms with Crippen LogP contribution in [0.4, 0.5) is 0 Å². The molecule has 0 saturated carbocycles. The Hall–Kier alpha value is -1.63. The fraction of sp³-hybridized carbons (Fsp3) is 0.167. The second kappa shape index (κ2) is 2.78. The van der Waals surface area contributed by atoms with E-state index < -0.39 is 0 Å². The molecule has 4 nitrogen and oxygen atoms in total. The van der Waals surface area contributed by atoms with Crippen LogP contribution in [0.15, 0.2) is 12.4 Å². The number of nitrogens with zero attached hydrogens (tertiary/aromatic N) is 3. The lowest BCUT2D eigenvalue weighted by Gasteiger charge is -1.94. The maximum Gasteiger partial charge on any atom is 0.217 e. The molecule has 0 aliphatic rings. The highest BCUT2D eigenvalue weighted by atomic mass is 16.5. The molecule has 0 amide bonds. The molecule has 0 radical (unpaired) electrons. The Bertz CT molecular complexity index is 266. The minimum absolute atomic E-state index is 0.312. The molecule has 1 heterocycles. The maximum absolute atomic E-state index is 8.36. The number of hydrogen-bond acceptors (Lipinski definition) is 4. The summed E-state index contributed by atoms with van der Waals surface area (Å²) in [5, 5.41) is 8.36. The molecular formula is C6H5N3O. The Morgan fingerprint density at radius 3 is 3.00 bits per heavy atom. The van der Waals surface area contributed by atoms with E-state index in [9.17, 15) is 0 Å². The highest BCUT2D eigenvalue weighted by molar-refractivity contribution is 5.23. The summed E-state index contributed by atoms with van der Waals surface area (Å²) in [7, 11) is 1.49. The minimum atomic E-state index is 0.312. The lowest BCUT2D eigenvalue weighted by molar-refractivity contribution is 0.396. The average Bonchev–Trinajstić information content (AvgIpc) is 2.05. The van der Waals surface area contributed by atoms with Gasteiger partial charge >= 0.3 is 0 Å². The molecule has 0 atom stereocenters. The zero-order valence-corrected chi connectivity index (χ0v) is 5.40. The molecule has 4 heteroatoms. The summed E-state index contributed by atoms with van der Waals surface area (Å²) < 4.78 is 4.75. The molecule has 0 fully saturated rings. The number of nitriles is 1. The monoisotopic (exact) mass is 135 g/mol. The van der Waals surface area contributed by atoms with E-state index in [1.165, 1.54) is 19.5 Å². The molecule has 0 saturated heterocycles. The topological polar surface area (TPSA) is 58.8 Å². The van der Waals surface area contributed by atoms with Crippen molar-refractivity contribution in [3.63, 3.8) is 0 Å². The van der Waals surface area contributed by atoms with Crippen LogP contribution in [0, 0.1) is 11.3 Å². The van der Waals surface area contributed by atoms with Crippen molar-refractivity contribution in [2.75, 3.05) is 7.11 Å². The Morgan fingerprint density at radius 2 is 2.40 bits per heavy atom. The van der Waals surface area contributed by atoms with E-state index in [1.54, 1.807) is 0 Å². The van der Waals surface area contributed by atoms with Gasteiger partial charge in [0.05, 0.1) is 7.11 Å².